The van der Waals surface area contributed by atoms with E-state index in [1.54, 1.807) is 17.9 Å². The van der Waals surface area contributed by atoms with E-state index in [0.717, 1.165) is 12.1 Å². The molecule has 1 aromatic carbocycles. The number of carbonyl (C=O) groups excluding carboxylic acids is 2. The van der Waals surface area contributed by atoms with Crippen molar-refractivity contribution in [3.8, 4) is 11.6 Å². The number of nitrogens with one attached hydrogen (secondary N) is 1. The standard InChI is InChI=1S/C20H23F2N5O4/c1-3-30-19(28)10-23-20(29)27-7-6-26(11-13(27)2)17-9-18(25-12-24-17)31-14-4-5-15(21)16(22)8-14/h4-5,8-9,12-13H,3,6-7,10-11H2,1-2H3,(H,23,29)/t13-/m0/s1. The maximum atomic E-state index is 13.4. The number of ether oxygens (including phenoxy) is 2. The first kappa shape index (κ1) is 22.2. The second kappa shape index (κ2) is 10.0. The lowest BCUT2D eigenvalue weighted by molar-refractivity contribution is -0.141. The third-order valence-corrected chi connectivity index (χ3v) is 4.64. The minimum atomic E-state index is -1.02. The molecule has 0 unspecified atom stereocenters. The van der Waals surface area contributed by atoms with Gasteiger partial charge in [0.15, 0.2) is 11.6 Å². The Hall–Kier alpha value is -3.50. The van der Waals surface area contributed by atoms with E-state index in [9.17, 15) is 18.4 Å². The van der Waals surface area contributed by atoms with Crippen LogP contribution in [0.5, 0.6) is 11.6 Å². The fourth-order valence-corrected chi connectivity index (χ4v) is 3.15. The molecular weight excluding hydrogens is 412 g/mol. The Labute approximate surface area is 178 Å². The van der Waals surface area contributed by atoms with E-state index in [4.69, 9.17) is 9.47 Å². The van der Waals surface area contributed by atoms with Gasteiger partial charge in [-0.15, -0.1) is 0 Å². The number of rotatable bonds is 6. The zero-order valence-electron chi connectivity index (χ0n) is 17.2. The Morgan fingerprint density at radius 1 is 1.19 bits per heavy atom. The van der Waals surface area contributed by atoms with Crippen LogP contribution >= 0.6 is 0 Å². The SMILES string of the molecule is CCOC(=O)CNC(=O)N1CCN(c2cc(Oc3ccc(F)c(F)c3)ncn2)C[C@@H]1C. The van der Waals surface area contributed by atoms with Gasteiger partial charge in [-0.25, -0.2) is 23.5 Å². The molecule has 2 aromatic rings. The number of piperazine rings is 1. The summed E-state index contributed by atoms with van der Waals surface area (Å²) in [7, 11) is 0. The highest BCUT2D eigenvalue weighted by Gasteiger charge is 2.28. The van der Waals surface area contributed by atoms with E-state index in [0.29, 0.717) is 25.5 Å². The van der Waals surface area contributed by atoms with Crippen LogP contribution in [0.25, 0.3) is 0 Å². The minimum absolute atomic E-state index is 0.111. The predicted molar refractivity (Wildman–Crippen MR) is 107 cm³/mol. The lowest BCUT2D eigenvalue weighted by Gasteiger charge is -2.40. The molecule has 1 aromatic heterocycles. The number of amides is 2. The maximum Gasteiger partial charge on any atom is 0.325 e. The maximum absolute atomic E-state index is 13.4. The predicted octanol–water partition coefficient (Wildman–Crippen LogP) is 2.33. The molecule has 0 aliphatic carbocycles. The number of anilines is 1. The van der Waals surface area contributed by atoms with Crippen molar-refractivity contribution in [3.63, 3.8) is 0 Å². The number of nitrogens with zero attached hydrogens (tertiary/aromatic N) is 4. The summed E-state index contributed by atoms with van der Waals surface area (Å²) in [5.41, 5.74) is 0. The number of halogens is 2. The van der Waals surface area contributed by atoms with Crippen molar-refractivity contribution in [2.24, 2.45) is 0 Å². The van der Waals surface area contributed by atoms with Crippen LogP contribution in [0.1, 0.15) is 13.8 Å². The van der Waals surface area contributed by atoms with Crippen molar-refractivity contribution >= 4 is 17.8 Å². The first-order valence-corrected chi connectivity index (χ1v) is 9.77. The summed E-state index contributed by atoms with van der Waals surface area (Å²) < 4.78 is 36.8. The average molecular weight is 435 g/mol. The summed E-state index contributed by atoms with van der Waals surface area (Å²) in [4.78, 5) is 35.6. The minimum Gasteiger partial charge on any atom is -0.465 e. The summed E-state index contributed by atoms with van der Waals surface area (Å²) in [5, 5.41) is 2.56. The molecule has 166 valence electrons. The Morgan fingerprint density at radius 3 is 2.71 bits per heavy atom. The molecule has 1 aliphatic rings. The molecule has 1 N–H and O–H groups in total. The van der Waals surface area contributed by atoms with Gasteiger partial charge in [-0.2, -0.15) is 0 Å². The van der Waals surface area contributed by atoms with Gasteiger partial charge in [0.1, 0.15) is 24.4 Å². The van der Waals surface area contributed by atoms with E-state index < -0.39 is 17.6 Å². The van der Waals surface area contributed by atoms with Gasteiger partial charge in [0.05, 0.1) is 6.61 Å². The Balaban J connectivity index is 1.59. The van der Waals surface area contributed by atoms with Crippen LogP contribution in [-0.2, 0) is 9.53 Å². The van der Waals surface area contributed by atoms with Crippen LogP contribution in [0.3, 0.4) is 0 Å². The molecule has 0 radical (unpaired) electrons. The van der Waals surface area contributed by atoms with Crippen molar-refractivity contribution < 1.29 is 27.8 Å². The summed E-state index contributed by atoms with van der Waals surface area (Å²) in [6.45, 7) is 5.06. The molecular formula is C20H23F2N5O4. The van der Waals surface area contributed by atoms with Gasteiger partial charge in [-0.1, -0.05) is 0 Å². The van der Waals surface area contributed by atoms with Gasteiger partial charge in [-0.3, -0.25) is 4.79 Å². The number of hydrogen-bond acceptors (Lipinski definition) is 7. The zero-order chi connectivity index (χ0) is 22.4. The van der Waals surface area contributed by atoms with Crippen molar-refractivity contribution in [2.45, 2.75) is 19.9 Å². The van der Waals surface area contributed by atoms with Gasteiger partial charge in [0.25, 0.3) is 0 Å². The van der Waals surface area contributed by atoms with Gasteiger partial charge in [0.2, 0.25) is 5.88 Å². The molecule has 31 heavy (non-hydrogen) atoms. The quantitative estimate of drug-likeness (QED) is 0.696. The highest BCUT2D eigenvalue weighted by Crippen LogP contribution is 2.25. The highest BCUT2D eigenvalue weighted by molar-refractivity contribution is 5.81. The Morgan fingerprint density at radius 2 is 2.00 bits per heavy atom. The monoisotopic (exact) mass is 435 g/mol. The molecule has 2 amide bonds. The first-order chi connectivity index (χ1) is 14.9. The second-order valence-electron chi connectivity index (χ2n) is 6.84. The summed E-state index contributed by atoms with van der Waals surface area (Å²) >= 11 is 0. The van der Waals surface area contributed by atoms with E-state index in [2.05, 4.69) is 15.3 Å². The number of esters is 1. The zero-order valence-corrected chi connectivity index (χ0v) is 17.2. The van der Waals surface area contributed by atoms with E-state index >= 15 is 0 Å². The van der Waals surface area contributed by atoms with Gasteiger partial charge >= 0.3 is 12.0 Å². The average Bonchev–Trinajstić information content (AvgIpc) is 2.75. The highest BCUT2D eigenvalue weighted by atomic mass is 19.2. The Kier molecular flexibility index (Phi) is 7.16. The van der Waals surface area contributed by atoms with Gasteiger partial charge in [0, 0.05) is 37.8 Å². The molecule has 2 heterocycles. The van der Waals surface area contributed by atoms with Crippen LogP contribution in [-0.4, -0.2) is 65.7 Å². The largest absolute Gasteiger partial charge is 0.465 e. The molecule has 3 rings (SSSR count). The summed E-state index contributed by atoms with van der Waals surface area (Å²) in [6.07, 6.45) is 1.31. The van der Waals surface area contributed by atoms with Crippen molar-refractivity contribution in [2.75, 3.05) is 37.7 Å². The topological polar surface area (TPSA) is 96.9 Å². The summed E-state index contributed by atoms with van der Waals surface area (Å²) in [5.74, 6) is -1.60. The van der Waals surface area contributed by atoms with Crippen LogP contribution in [0.15, 0.2) is 30.6 Å². The van der Waals surface area contributed by atoms with E-state index in [-0.39, 0.29) is 36.9 Å². The fraction of sp³-hybridized carbons (Fsp3) is 0.400. The van der Waals surface area contributed by atoms with Crippen molar-refractivity contribution in [1.29, 1.82) is 0 Å². The second-order valence-corrected chi connectivity index (χ2v) is 6.84. The molecule has 1 aliphatic heterocycles. The van der Waals surface area contributed by atoms with Crippen LogP contribution in [0, 0.1) is 11.6 Å². The normalized spacial score (nSPS) is 16.1. The molecule has 0 saturated carbocycles. The van der Waals surface area contributed by atoms with Crippen molar-refractivity contribution in [3.05, 3.63) is 42.2 Å². The third kappa shape index (κ3) is 5.77. The number of carbonyl (C=O) groups is 2. The smallest absolute Gasteiger partial charge is 0.325 e. The van der Waals surface area contributed by atoms with Crippen LogP contribution in [0.4, 0.5) is 19.4 Å². The number of benzene rings is 1. The van der Waals surface area contributed by atoms with Gasteiger partial charge in [-0.05, 0) is 26.0 Å². The molecule has 1 atom stereocenters. The fourth-order valence-electron chi connectivity index (χ4n) is 3.15. The molecule has 1 fully saturated rings. The molecule has 0 spiro atoms. The number of hydrogen-bond donors (Lipinski definition) is 1. The lowest BCUT2D eigenvalue weighted by atomic mass is 10.2. The lowest BCUT2D eigenvalue weighted by Crippen LogP contribution is -2.57. The molecule has 1 saturated heterocycles. The van der Waals surface area contributed by atoms with Crippen LogP contribution in [0.2, 0.25) is 0 Å². The van der Waals surface area contributed by atoms with Gasteiger partial charge < -0.3 is 24.6 Å². The van der Waals surface area contributed by atoms with E-state index in [1.807, 2.05) is 11.8 Å². The molecule has 11 heteroatoms. The third-order valence-electron chi connectivity index (χ3n) is 4.64. The van der Waals surface area contributed by atoms with Crippen molar-refractivity contribution in [1.82, 2.24) is 20.2 Å². The van der Waals surface area contributed by atoms with E-state index in [1.165, 1.54) is 12.4 Å². The number of urea groups is 1. The Bertz CT molecular complexity index is 946. The summed E-state index contributed by atoms with van der Waals surface area (Å²) in [6, 6.07) is 4.31. The van der Waals surface area contributed by atoms with Crippen LogP contribution < -0.4 is 15.0 Å². The molecule has 0 bridgehead atoms. The number of aromatic nitrogens is 2. The first-order valence-electron chi connectivity index (χ1n) is 9.77. The molecule has 9 nitrogen and oxygen atoms in total.